The Labute approximate surface area is 187 Å². The van der Waals surface area contributed by atoms with Crippen LogP contribution in [0.25, 0.3) is 10.2 Å². The second kappa shape index (κ2) is 8.98. The molecule has 1 amide bonds. The van der Waals surface area contributed by atoms with Crippen LogP contribution < -0.4 is 4.90 Å². The zero-order valence-electron chi connectivity index (χ0n) is 19.4. The number of amides is 1. The fraction of sp³-hybridized carbons (Fsp3) is 0.636. The molecule has 0 atom stereocenters. The second-order valence-corrected chi connectivity index (χ2v) is 10.3. The normalized spacial score (nSPS) is 15.0. The number of aryl methyl sites for hydroxylation is 2. The van der Waals surface area contributed by atoms with E-state index in [0.29, 0.717) is 43.5 Å². The number of carbonyl (C=O) groups is 2. The van der Waals surface area contributed by atoms with Crippen molar-refractivity contribution in [1.82, 2.24) is 14.9 Å². The number of esters is 1. The van der Waals surface area contributed by atoms with Gasteiger partial charge >= 0.3 is 12.1 Å². The molecule has 0 aromatic carbocycles. The van der Waals surface area contributed by atoms with E-state index in [1.807, 2.05) is 48.5 Å². The van der Waals surface area contributed by atoms with Gasteiger partial charge in [-0.1, -0.05) is 13.8 Å². The summed E-state index contributed by atoms with van der Waals surface area (Å²) in [6, 6.07) is 0. The Bertz CT molecular complexity index is 972. The van der Waals surface area contributed by atoms with Crippen LogP contribution in [-0.2, 0) is 9.47 Å². The fourth-order valence-electron chi connectivity index (χ4n) is 3.38. The third kappa shape index (κ3) is 5.44. The van der Waals surface area contributed by atoms with Gasteiger partial charge in [0.2, 0.25) is 0 Å². The van der Waals surface area contributed by atoms with Crippen molar-refractivity contribution in [2.75, 3.05) is 37.7 Å². The minimum absolute atomic E-state index is 0.275. The Hall–Kier alpha value is -2.42. The molecule has 3 rings (SSSR count). The van der Waals surface area contributed by atoms with E-state index in [1.54, 1.807) is 4.90 Å². The molecule has 1 aliphatic rings. The van der Waals surface area contributed by atoms with E-state index in [9.17, 15) is 9.59 Å². The van der Waals surface area contributed by atoms with Gasteiger partial charge < -0.3 is 19.3 Å². The standard InChI is InChI=1S/C22H32N4O4S/c1-13(2)12-29-20(27)17-14(3)16-18(23-15(4)24-19(16)31-17)25-8-10-26(11-9-25)21(28)30-22(5,6)7/h13H,8-12H2,1-7H3. The Balaban J connectivity index is 1.83. The summed E-state index contributed by atoms with van der Waals surface area (Å²) >= 11 is 1.35. The zero-order chi connectivity index (χ0) is 22.9. The van der Waals surface area contributed by atoms with E-state index in [4.69, 9.17) is 14.5 Å². The van der Waals surface area contributed by atoms with E-state index in [1.165, 1.54) is 11.3 Å². The zero-order valence-corrected chi connectivity index (χ0v) is 20.3. The maximum Gasteiger partial charge on any atom is 0.410 e. The number of carbonyl (C=O) groups excluding carboxylic acids is 2. The summed E-state index contributed by atoms with van der Waals surface area (Å²) in [7, 11) is 0. The predicted molar refractivity (Wildman–Crippen MR) is 122 cm³/mol. The lowest BCUT2D eigenvalue weighted by atomic mass is 10.1. The average molecular weight is 449 g/mol. The molecule has 0 unspecified atom stereocenters. The van der Waals surface area contributed by atoms with Crippen molar-refractivity contribution >= 4 is 39.4 Å². The van der Waals surface area contributed by atoms with Crippen molar-refractivity contribution < 1.29 is 19.1 Å². The Kier molecular flexibility index (Phi) is 6.73. The third-order valence-electron chi connectivity index (χ3n) is 4.85. The molecule has 170 valence electrons. The molecule has 3 heterocycles. The van der Waals surface area contributed by atoms with Crippen LogP contribution in [0.2, 0.25) is 0 Å². The van der Waals surface area contributed by atoms with Gasteiger partial charge in [0.15, 0.2) is 0 Å². The quantitative estimate of drug-likeness (QED) is 0.649. The highest BCUT2D eigenvalue weighted by Crippen LogP contribution is 2.36. The molecule has 1 fully saturated rings. The van der Waals surface area contributed by atoms with Crippen molar-refractivity contribution in [3.05, 3.63) is 16.3 Å². The summed E-state index contributed by atoms with van der Waals surface area (Å²) in [4.78, 5) is 39.5. The number of hydrogen-bond donors (Lipinski definition) is 0. The van der Waals surface area contributed by atoms with Crippen molar-refractivity contribution in [1.29, 1.82) is 0 Å². The summed E-state index contributed by atoms with van der Waals surface area (Å²) in [5, 5.41) is 0.887. The molecule has 1 aliphatic heterocycles. The monoisotopic (exact) mass is 448 g/mol. The molecule has 2 aromatic heterocycles. The first-order valence-electron chi connectivity index (χ1n) is 10.6. The number of ether oxygens (including phenoxy) is 2. The van der Waals surface area contributed by atoms with Crippen LogP contribution in [-0.4, -0.2) is 65.3 Å². The summed E-state index contributed by atoms with van der Waals surface area (Å²) in [5.74, 6) is 1.42. The second-order valence-electron chi connectivity index (χ2n) is 9.28. The number of thiophene rings is 1. The van der Waals surface area contributed by atoms with Crippen LogP contribution in [0, 0.1) is 19.8 Å². The van der Waals surface area contributed by atoms with Crippen molar-refractivity contribution in [2.24, 2.45) is 5.92 Å². The van der Waals surface area contributed by atoms with Crippen LogP contribution in [0.15, 0.2) is 0 Å². The lowest BCUT2D eigenvalue weighted by Gasteiger charge is -2.36. The third-order valence-corrected chi connectivity index (χ3v) is 6.01. The molecule has 1 saturated heterocycles. The molecule has 2 aromatic rings. The highest BCUT2D eigenvalue weighted by Gasteiger charge is 2.29. The first kappa shape index (κ1) is 23.2. The minimum Gasteiger partial charge on any atom is -0.461 e. The van der Waals surface area contributed by atoms with Crippen LogP contribution in [0.3, 0.4) is 0 Å². The van der Waals surface area contributed by atoms with E-state index in [-0.39, 0.29) is 18.0 Å². The van der Waals surface area contributed by atoms with E-state index in [2.05, 4.69) is 9.88 Å². The van der Waals surface area contributed by atoms with Gasteiger partial charge in [-0.25, -0.2) is 19.6 Å². The number of rotatable bonds is 4. The number of aromatic nitrogens is 2. The number of anilines is 1. The molecular formula is C22H32N4O4S. The van der Waals surface area contributed by atoms with Gasteiger partial charge in [0.05, 0.1) is 12.0 Å². The van der Waals surface area contributed by atoms with Crippen LogP contribution in [0.5, 0.6) is 0 Å². The lowest BCUT2D eigenvalue weighted by Crippen LogP contribution is -2.50. The van der Waals surface area contributed by atoms with Gasteiger partial charge in [0.25, 0.3) is 0 Å². The minimum atomic E-state index is -0.515. The van der Waals surface area contributed by atoms with Gasteiger partial charge in [0, 0.05) is 26.2 Å². The molecule has 0 bridgehead atoms. The Morgan fingerprint density at radius 1 is 1.10 bits per heavy atom. The van der Waals surface area contributed by atoms with Crippen LogP contribution in [0.1, 0.15) is 55.7 Å². The number of hydrogen-bond acceptors (Lipinski definition) is 8. The molecule has 0 N–H and O–H groups in total. The van der Waals surface area contributed by atoms with E-state index >= 15 is 0 Å². The Morgan fingerprint density at radius 3 is 2.32 bits per heavy atom. The first-order valence-corrected chi connectivity index (χ1v) is 11.5. The van der Waals surface area contributed by atoms with Crippen molar-refractivity contribution in [3.63, 3.8) is 0 Å². The molecule has 0 aliphatic carbocycles. The molecular weight excluding hydrogens is 416 g/mol. The van der Waals surface area contributed by atoms with Crippen LogP contribution in [0.4, 0.5) is 10.6 Å². The maximum absolute atomic E-state index is 12.6. The fourth-order valence-corrected chi connectivity index (χ4v) is 4.50. The van der Waals surface area contributed by atoms with Gasteiger partial charge in [-0.05, 0) is 46.1 Å². The number of fused-ring (bicyclic) bond motifs is 1. The largest absolute Gasteiger partial charge is 0.461 e. The number of piperazine rings is 1. The van der Waals surface area contributed by atoms with Gasteiger partial charge in [-0.15, -0.1) is 11.3 Å². The average Bonchev–Trinajstić information content (AvgIpc) is 3.00. The Morgan fingerprint density at radius 2 is 1.74 bits per heavy atom. The highest BCUT2D eigenvalue weighted by atomic mass is 32.1. The summed E-state index contributed by atoms with van der Waals surface area (Å²) in [6.45, 7) is 16.1. The molecule has 9 heteroatoms. The molecule has 0 spiro atoms. The maximum atomic E-state index is 12.6. The molecule has 0 saturated carbocycles. The summed E-state index contributed by atoms with van der Waals surface area (Å²) in [6.07, 6.45) is -0.293. The topological polar surface area (TPSA) is 84.9 Å². The number of nitrogens with zero attached hydrogens (tertiary/aromatic N) is 4. The molecule has 0 radical (unpaired) electrons. The highest BCUT2D eigenvalue weighted by molar-refractivity contribution is 7.20. The van der Waals surface area contributed by atoms with Crippen molar-refractivity contribution in [3.8, 4) is 0 Å². The summed E-state index contributed by atoms with van der Waals surface area (Å²) < 4.78 is 10.9. The van der Waals surface area contributed by atoms with Gasteiger partial charge in [-0.3, -0.25) is 0 Å². The van der Waals surface area contributed by atoms with Gasteiger partial charge in [0.1, 0.15) is 27.0 Å². The molecule has 8 nitrogen and oxygen atoms in total. The van der Waals surface area contributed by atoms with Crippen LogP contribution >= 0.6 is 11.3 Å². The SMILES string of the molecule is Cc1nc(N2CCN(C(=O)OC(C)(C)C)CC2)c2c(C)c(C(=O)OCC(C)C)sc2n1. The smallest absolute Gasteiger partial charge is 0.410 e. The summed E-state index contributed by atoms with van der Waals surface area (Å²) in [5.41, 5.74) is 0.330. The van der Waals surface area contributed by atoms with Crippen molar-refractivity contribution in [2.45, 2.75) is 54.1 Å². The van der Waals surface area contributed by atoms with E-state index < -0.39 is 5.60 Å². The van der Waals surface area contributed by atoms with Gasteiger partial charge in [-0.2, -0.15) is 0 Å². The molecule has 31 heavy (non-hydrogen) atoms. The first-order chi connectivity index (χ1) is 14.5. The van der Waals surface area contributed by atoms with E-state index in [0.717, 1.165) is 21.6 Å². The predicted octanol–water partition coefficient (Wildman–Crippen LogP) is 4.18. The lowest BCUT2D eigenvalue weighted by molar-refractivity contribution is 0.0240.